The number of phosphoric acid groups is 2. The van der Waals surface area contributed by atoms with E-state index >= 15 is 0 Å². The summed E-state index contributed by atoms with van der Waals surface area (Å²) in [4.78, 5) is 73.2. The highest BCUT2D eigenvalue weighted by Crippen LogP contribution is 2.45. The molecule has 17 nitrogen and oxygen atoms in total. The van der Waals surface area contributed by atoms with E-state index in [-0.39, 0.29) is 25.7 Å². The van der Waals surface area contributed by atoms with E-state index in [2.05, 4.69) is 48.5 Å². The van der Waals surface area contributed by atoms with E-state index in [4.69, 9.17) is 37.0 Å². The summed E-state index contributed by atoms with van der Waals surface area (Å²) in [6, 6.07) is 0. The van der Waals surface area contributed by atoms with Gasteiger partial charge in [0.25, 0.3) is 0 Å². The molecule has 0 bridgehead atoms. The van der Waals surface area contributed by atoms with Crippen LogP contribution >= 0.6 is 15.6 Å². The first-order valence-corrected chi connectivity index (χ1v) is 46.3. The molecule has 0 aliphatic heterocycles. The van der Waals surface area contributed by atoms with Gasteiger partial charge in [-0.05, 0) is 43.4 Å². The molecular weight excluding hydrogens is 1340 g/mol. The number of esters is 4. The van der Waals surface area contributed by atoms with E-state index in [9.17, 15) is 43.2 Å². The third kappa shape index (κ3) is 78.0. The Kier molecular flexibility index (Phi) is 72.8. The second kappa shape index (κ2) is 74.2. The van der Waals surface area contributed by atoms with Crippen LogP contribution in [0.15, 0.2) is 0 Å². The van der Waals surface area contributed by atoms with Crippen molar-refractivity contribution in [2.75, 3.05) is 39.6 Å². The molecule has 0 saturated carbocycles. The zero-order chi connectivity index (χ0) is 75.8. The van der Waals surface area contributed by atoms with Gasteiger partial charge in [0.2, 0.25) is 0 Å². The number of hydrogen-bond acceptors (Lipinski definition) is 15. The van der Waals surface area contributed by atoms with Gasteiger partial charge in [0, 0.05) is 25.7 Å². The fourth-order valence-electron chi connectivity index (χ4n) is 13.0. The normalized spacial score (nSPS) is 13.9. The Bertz CT molecular complexity index is 1990. The molecule has 0 saturated heterocycles. The molecule has 2 unspecified atom stereocenters. The lowest BCUT2D eigenvalue weighted by molar-refractivity contribution is -0.161. The molecule has 0 amide bonds. The molecule has 0 aliphatic carbocycles. The fourth-order valence-corrected chi connectivity index (χ4v) is 14.6. The molecule has 0 aromatic rings. The van der Waals surface area contributed by atoms with Crippen molar-refractivity contribution in [3.8, 4) is 0 Å². The average Bonchev–Trinajstić information content (AvgIpc) is 0.907. The highest BCUT2D eigenvalue weighted by atomic mass is 31.2. The zero-order valence-corrected chi connectivity index (χ0v) is 69.6. The van der Waals surface area contributed by atoms with E-state index in [1.54, 1.807) is 0 Å². The highest BCUT2D eigenvalue weighted by molar-refractivity contribution is 7.47. The van der Waals surface area contributed by atoms with Gasteiger partial charge in [-0.1, -0.05) is 389 Å². The number of unbranched alkanes of at least 4 members (excludes halogenated alkanes) is 50. The number of carbonyl (C=O) groups excluding carboxylic acids is 4. The lowest BCUT2D eigenvalue weighted by Crippen LogP contribution is -2.30. The first-order chi connectivity index (χ1) is 49.7. The lowest BCUT2D eigenvalue weighted by atomic mass is 10.0. The van der Waals surface area contributed by atoms with Gasteiger partial charge in [0.05, 0.1) is 26.4 Å². The zero-order valence-electron chi connectivity index (χ0n) is 67.8. The smallest absolute Gasteiger partial charge is 0.462 e. The van der Waals surface area contributed by atoms with Crippen molar-refractivity contribution in [2.45, 2.75) is 458 Å². The number of ether oxygens (including phenoxy) is 4. The quantitative estimate of drug-likeness (QED) is 0.0222. The predicted octanol–water partition coefficient (Wildman–Crippen LogP) is 25.3. The predicted molar refractivity (Wildman–Crippen MR) is 423 cm³/mol. The molecule has 0 fully saturated rings. The summed E-state index contributed by atoms with van der Waals surface area (Å²) in [7, 11) is -9.93. The molecule has 0 rings (SSSR count). The molecular formula is C84H164O17P2. The molecule has 0 aromatic carbocycles. The maximum absolute atomic E-state index is 13.1. The van der Waals surface area contributed by atoms with E-state index in [1.807, 2.05) is 0 Å². The van der Waals surface area contributed by atoms with Gasteiger partial charge in [0.15, 0.2) is 12.2 Å². The number of aliphatic hydroxyl groups is 1. The van der Waals surface area contributed by atoms with Crippen LogP contribution in [-0.2, 0) is 65.4 Å². The number of carbonyl (C=O) groups is 4. The van der Waals surface area contributed by atoms with Gasteiger partial charge < -0.3 is 33.8 Å². The summed E-state index contributed by atoms with van der Waals surface area (Å²) >= 11 is 0. The third-order valence-electron chi connectivity index (χ3n) is 19.6. The van der Waals surface area contributed by atoms with Gasteiger partial charge in [-0.15, -0.1) is 0 Å². The Hall–Kier alpha value is -1.94. The summed E-state index contributed by atoms with van der Waals surface area (Å²) in [5, 5.41) is 10.7. The van der Waals surface area contributed by atoms with Crippen molar-refractivity contribution in [1.29, 1.82) is 0 Å². The van der Waals surface area contributed by atoms with Crippen LogP contribution in [0.5, 0.6) is 0 Å². The van der Waals surface area contributed by atoms with Gasteiger partial charge in [0.1, 0.15) is 19.3 Å². The number of phosphoric ester groups is 2. The summed E-state index contributed by atoms with van der Waals surface area (Å²) in [6.45, 7) is 12.0. The van der Waals surface area contributed by atoms with E-state index in [1.165, 1.54) is 250 Å². The SMILES string of the molecule is CCCCCCCCCCCCCCC(=O)OC[C@H](COP(=O)(O)OC[C@H](O)COP(=O)(O)OC[C@@H](COC(=O)CCCCCCCCCCCCCCCC(C)C)OC(=O)CCCCCCCCCCCCCCCCCCC(C)C)OC(=O)CCCCCCCCCCCCCCCC(C)C. The van der Waals surface area contributed by atoms with Crippen molar-refractivity contribution in [2.24, 2.45) is 17.8 Å². The van der Waals surface area contributed by atoms with Gasteiger partial charge >= 0.3 is 39.5 Å². The molecule has 0 radical (unpaired) electrons. The van der Waals surface area contributed by atoms with E-state index < -0.39 is 97.5 Å². The van der Waals surface area contributed by atoms with Crippen molar-refractivity contribution < 1.29 is 80.2 Å². The molecule has 3 N–H and O–H groups in total. The van der Waals surface area contributed by atoms with Crippen LogP contribution in [0.25, 0.3) is 0 Å². The van der Waals surface area contributed by atoms with Crippen LogP contribution in [0.1, 0.15) is 440 Å². The van der Waals surface area contributed by atoms with E-state index in [0.29, 0.717) is 25.7 Å². The second-order valence-electron chi connectivity index (χ2n) is 31.6. The first-order valence-electron chi connectivity index (χ1n) is 43.3. The molecule has 0 heterocycles. The van der Waals surface area contributed by atoms with E-state index in [0.717, 1.165) is 108 Å². The third-order valence-corrected chi connectivity index (χ3v) is 21.5. The van der Waals surface area contributed by atoms with Crippen LogP contribution in [0.4, 0.5) is 0 Å². The Morgan fingerprint density at radius 3 is 0.660 bits per heavy atom. The molecule has 0 spiro atoms. The Balaban J connectivity index is 5.26. The minimum atomic E-state index is -4.96. The average molecular weight is 1510 g/mol. The lowest BCUT2D eigenvalue weighted by Gasteiger charge is -2.21. The maximum atomic E-state index is 13.1. The largest absolute Gasteiger partial charge is 0.472 e. The van der Waals surface area contributed by atoms with Gasteiger partial charge in [-0.2, -0.15) is 0 Å². The summed E-state index contributed by atoms with van der Waals surface area (Å²) < 4.78 is 68.9. The molecule has 103 heavy (non-hydrogen) atoms. The van der Waals surface area contributed by atoms with Crippen molar-refractivity contribution in [1.82, 2.24) is 0 Å². The molecule has 19 heteroatoms. The summed E-state index contributed by atoms with van der Waals surface area (Å²) in [5.74, 6) is 0.282. The van der Waals surface area contributed by atoms with Gasteiger partial charge in [-0.3, -0.25) is 37.3 Å². The molecule has 0 aliphatic rings. The molecule has 0 aromatic heterocycles. The number of hydrogen-bond donors (Lipinski definition) is 3. The van der Waals surface area contributed by atoms with Crippen LogP contribution in [0, 0.1) is 17.8 Å². The Morgan fingerprint density at radius 1 is 0.262 bits per heavy atom. The van der Waals surface area contributed by atoms with Crippen molar-refractivity contribution in [3.05, 3.63) is 0 Å². The van der Waals surface area contributed by atoms with Crippen LogP contribution < -0.4 is 0 Å². The topological polar surface area (TPSA) is 237 Å². The molecule has 5 atom stereocenters. The minimum Gasteiger partial charge on any atom is -0.462 e. The van der Waals surface area contributed by atoms with Crippen LogP contribution in [-0.4, -0.2) is 96.7 Å². The second-order valence-corrected chi connectivity index (χ2v) is 34.6. The number of aliphatic hydroxyl groups excluding tert-OH is 1. The monoisotopic (exact) mass is 1510 g/mol. The van der Waals surface area contributed by atoms with Crippen molar-refractivity contribution in [3.63, 3.8) is 0 Å². The summed E-state index contributed by atoms with van der Waals surface area (Å²) in [5.41, 5.74) is 0. The van der Waals surface area contributed by atoms with Crippen LogP contribution in [0.2, 0.25) is 0 Å². The standard InChI is InChI=1S/C84H164O17P2/c1-8-9-10-11-12-13-14-30-37-44-51-58-65-81(86)94-71-79(101-84(89)68-61-54-47-40-33-26-20-23-29-36-43-50-57-64-77(6)7)73-98-102(90,91)96-69-78(85)70-97-103(92,93)99-74-80(72-95-82(87)66-59-52-45-38-31-25-19-22-28-35-42-49-56-63-76(4)5)100-83(88)67-60-53-46-39-32-24-18-16-15-17-21-27-34-41-48-55-62-75(2)3/h75-80,85H,8-74H2,1-7H3,(H,90,91)(H,92,93)/t78-,79+,80+/m0/s1. The van der Waals surface area contributed by atoms with Crippen LogP contribution in [0.3, 0.4) is 0 Å². The van der Waals surface area contributed by atoms with Crippen molar-refractivity contribution >= 4 is 39.5 Å². The summed E-state index contributed by atoms with van der Waals surface area (Å²) in [6.07, 6.45) is 63.7. The highest BCUT2D eigenvalue weighted by Gasteiger charge is 2.30. The number of rotatable bonds is 82. The fraction of sp³-hybridized carbons (Fsp3) is 0.952. The van der Waals surface area contributed by atoms with Gasteiger partial charge in [-0.25, -0.2) is 9.13 Å². The Labute approximate surface area is 632 Å². The maximum Gasteiger partial charge on any atom is 0.472 e. The minimum absolute atomic E-state index is 0.108. The first kappa shape index (κ1) is 101. The molecule has 612 valence electrons. The Morgan fingerprint density at radius 2 is 0.447 bits per heavy atom.